The number of alkyl carbamates (subject to hydrolysis) is 1. The molecule has 148 valence electrons. The van der Waals surface area contributed by atoms with E-state index in [1.807, 2.05) is 53.2 Å². The lowest BCUT2D eigenvalue weighted by molar-refractivity contribution is -0.139. The molecule has 6 heteroatoms. The zero-order valence-corrected chi connectivity index (χ0v) is 16.5. The van der Waals surface area contributed by atoms with E-state index in [1.54, 1.807) is 11.3 Å². The molecule has 0 spiro atoms. The summed E-state index contributed by atoms with van der Waals surface area (Å²) in [4.78, 5) is 23.8. The van der Waals surface area contributed by atoms with Gasteiger partial charge in [0.25, 0.3) is 0 Å². The van der Waals surface area contributed by atoms with Crippen LogP contribution in [0.5, 0.6) is 0 Å². The van der Waals surface area contributed by atoms with Gasteiger partial charge in [0.1, 0.15) is 12.6 Å². The number of amides is 1. The van der Waals surface area contributed by atoms with Crippen LogP contribution >= 0.6 is 11.3 Å². The molecule has 3 aromatic rings. The van der Waals surface area contributed by atoms with Gasteiger partial charge in [0.05, 0.1) is 0 Å². The van der Waals surface area contributed by atoms with Gasteiger partial charge in [0, 0.05) is 5.92 Å². The summed E-state index contributed by atoms with van der Waals surface area (Å²) in [7, 11) is 0. The number of fused-ring (bicyclic) bond motifs is 3. The van der Waals surface area contributed by atoms with E-state index in [0.29, 0.717) is 12.8 Å². The molecule has 1 amide bonds. The van der Waals surface area contributed by atoms with Crippen LogP contribution in [0.1, 0.15) is 29.0 Å². The molecule has 2 aromatic carbocycles. The third-order valence-electron chi connectivity index (χ3n) is 5.24. The van der Waals surface area contributed by atoms with E-state index in [0.717, 1.165) is 27.8 Å². The molecule has 29 heavy (non-hydrogen) atoms. The van der Waals surface area contributed by atoms with Crippen LogP contribution in [-0.2, 0) is 16.0 Å². The first-order valence-electron chi connectivity index (χ1n) is 9.49. The van der Waals surface area contributed by atoms with E-state index < -0.39 is 18.1 Å². The second-order valence-corrected chi connectivity index (χ2v) is 7.81. The van der Waals surface area contributed by atoms with Crippen LogP contribution in [0, 0.1) is 0 Å². The van der Waals surface area contributed by atoms with Crippen molar-refractivity contribution < 1.29 is 19.4 Å². The molecular weight excluding hydrogens is 386 g/mol. The van der Waals surface area contributed by atoms with Gasteiger partial charge in [-0.1, -0.05) is 48.5 Å². The number of thiophene rings is 1. The Bertz CT molecular complexity index is 970. The highest BCUT2D eigenvalue weighted by atomic mass is 32.1. The van der Waals surface area contributed by atoms with Crippen LogP contribution in [0.4, 0.5) is 4.79 Å². The lowest BCUT2D eigenvalue weighted by atomic mass is 9.98. The van der Waals surface area contributed by atoms with Gasteiger partial charge in [-0.05, 0) is 57.5 Å². The lowest BCUT2D eigenvalue weighted by Gasteiger charge is -2.17. The maximum absolute atomic E-state index is 12.3. The van der Waals surface area contributed by atoms with Gasteiger partial charge in [0.15, 0.2) is 0 Å². The van der Waals surface area contributed by atoms with Gasteiger partial charge in [-0.15, -0.1) is 0 Å². The Labute approximate surface area is 173 Å². The number of nitrogens with one attached hydrogen (secondary N) is 1. The van der Waals surface area contributed by atoms with Crippen LogP contribution in [-0.4, -0.2) is 29.8 Å². The van der Waals surface area contributed by atoms with Crippen LogP contribution in [0.3, 0.4) is 0 Å². The van der Waals surface area contributed by atoms with Crippen molar-refractivity contribution in [3.8, 4) is 11.1 Å². The van der Waals surface area contributed by atoms with Crippen LogP contribution in [0.25, 0.3) is 11.1 Å². The predicted octanol–water partition coefficient (Wildman–Crippen LogP) is 4.67. The molecule has 0 fully saturated rings. The Morgan fingerprint density at radius 1 is 1.03 bits per heavy atom. The maximum Gasteiger partial charge on any atom is 0.407 e. The zero-order chi connectivity index (χ0) is 20.2. The number of benzene rings is 2. The van der Waals surface area contributed by atoms with Crippen molar-refractivity contribution in [2.45, 2.75) is 24.8 Å². The van der Waals surface area contributed by atoms with Crippen molar-refractivity contribution in [2.75, 3.05) is 6.61 Å². The fraction of sp³-hybridized carbons (Fsp3) is 0.217. The quantitative estimate of drug-likeness (QED) is 0.597. The fourth-order valence-corrected chi connectivity index (χ4v) is 4.49. The average Bonchev–Trinajstić information content (AvgIpc) is 3.35. The molecule has 4 rings (SSSR count). The minimum Gasteiger partial charge on any atom is -0.480 e. The topological polar surface area (TPSA) is 75.6 Å². The summed E-state index contributed by atoms with van der Waals surface area (Å²) >= 11 is 1.57. The first-order chi connectivity index (χ1) is 14.1. The minimum absolute atomic E-state index is 0.0535. The van der Waals surface area contributed by atoms with Crippen molar-refractivity contribution in [3.63, 3.8) is 0 Å². The highest BCUT2D eigenvalue weighted by Crippen LogP contribution is 2.44. The molecule has 1 aliphatic rings. The summed E-state index contributed by atoms with van der Waals surface area (Å²) in [5, 5.41) is 15.8. The van der Waals surface area contributed by atoms with Crippen LogP contribution < -0.4 is 5.32 Å². The number of rotatable bonds is 7. The Kier molecular flexibility index (Phi) is 5.62. The lowest BCUT2D eigenvalue weighted by Crippen LogP contribution is -2.41. The smallest absolute Gasteiger partial charge is 0.407 e. The zero-order valence-electron chi connectivity index (χ0n) is 15.7. The number of hydrogen-bond acceptors (Lipinski definition) is 4. The summed E-state index contributed by atoms with van der Waals surface area (Å²) in [6.07, 6.45) is 0.199. The number of hydrogen-bond donors (Lipinski definition) is 2. The van der Waals surface area contributed by atoms with E-state index in [2.05, 4.69) is 17.4 Å². The van der Waals surface area contributed by atoms with E-state index in [-0.39, 0.29) is 12.5 Å². The molecule has 1 aromatic heterocycles. The number of aryl methyl sites for hydroxylation is 1. The van der Waals surface area contributed by atoms with Gasteiger partial charge >= 0.3 is 12.1 Å². The van der Waals surface area contributed by atoms with Crippen molar-refractivity contribution in [3.05, 3.63) is 82.0 Å². The number of carbonyl (C=O) groups excluding carboxylic acids is 1. The second-order valence-electron chi connectivity index (χ2n) is 7.03. The van der Waals surface area contributed by atoms with Crippen molar-refractivity contribution in [1.82, 2.24) is 5.32 Å². The first-order valence-corrected chi connectivity index (χ1v) is 10.4. The third kappa shape index (κ3) is 4.17. The van der Waals surface area contributed by atoms with E-state index in [9.17, 15) is 14.7 Å². The Morgan fingerprint density at radius 3 is 2.28 bits per heavy atom. The van der Waals surface area contributed by atoms with Crippen LogP contribution in [0.2, 0.25) is 0 Å². The summed E-state index contributed by atoms with van der Waals surface area (Å²) < 4.78 is 5.45. The second kappa shape index (κ2) is 8.49. The van der Waals surface area contributed by atoms with Gasteiger partial charge in [0.2, 0.25) is 0 Å². The predicted molar refractivity (Wildman–Crippen MR) is 112 cm³/mol. The maximum atomic E-state index is 12.3. The molecular formula is C23H21NO4S. The summed E-state index contributed by atoms with van der Waals surface area (Å²) in [5.74, 6) is -1.11. The largest absolute Gasteiger partial charge is 0.480 e. The molecule has 1 atom stereocenters. The number of carbonyl (C=O) groups is 2. The van der Waals surface area contributed by atoms with Gasteiger partial charge in [-0.25, -0.2) is 9.59 Å². The van der Waals surface area contributed by atoms with Gasteiger partial charge in [-0.2, -0.15) is 11.3 Å². The summed E-state index contributed by atoms with van der Waals surface area (Å²) in [6.45, 7) is 0.163. The summed E-state index contributed by atoms with van der Waals surface area (Å²) in [5.41, 5.74) is 5.60. The minimum atomic E-state index is -1.06. The van der Waals surface area contributed by atoms with E-state index in [1.165, 1.54) is 0 Å². The highest BCUT2D eigenvalue weighted by molar-refractivity contribution is 7.07. The van der Waals surface area contributed by atoms with Crippen molar-refractivity contribution in [2.24, 2.45) is 0 Å². The van der Waals surface area contributed by atoms with E-state index in [4.69, 9.17) is 4.74 Å². The Hall–Kier alpha value is -3.12. The normalized spacial score (nSPS) is 13.4. The number of ether oxygens (including phenoxy) is 1. The van der Waals surface area contributed by atoms with Gasteiger partial charge < -0.3 is 15.2 Å². The SMILES string of the molecule is O=C(N[C@H](CCc1ccsc1)C(=O)O)OCC1c2ccccc2-c2ccccc21. The summed E-state index contributed by atoms with van der Waals surface area (Å²) in [6, 6.07) is 17.1. The number of carboxylic acid groups (broad SMARTS) is 1. The fourth-order valence-electron chi connectivity index (χ4n) is 3.79. The molecule has 0 bridgehead atoms. The molecule has 5 nitrogen and oxygen atoms in total. The van der Waals surface area contributed by atoms with Crippen LogP contribution in [0.15, 0.2) is 65.4 Å². The first kappa shape index (κ1) is 19.2. The Morgan fingerprint density at radius 2 is 1.69 bits per heavy atom. The third-order valence-corrected chi connectivity index (χ3v) is 5.97. The average molecular weight is 407 g/mol. The molecule has 0 saturated heterocycles. The molecule has 1 aliphatic carbocycles. The van der Waals surface area contributed by atoms with Gasteiger partial charge in [-0.3, -0.25) is 0 Å². The molecule has 0 aliphatic heterocycles. The molecule has 2 N–H and O–H groups in total. The standard InChI is InChI=1S/C23H21NO4S/c25-22(26)21(10-9-15-11-12-29-14-15)24-23(27)28-13-20-18-7-3-1-5-16(18)17-6-2-4-8-19(17)20/h1-8,11-12,14,20-21H,9-10,13H2,(H,24,27)(H,25,26)/t21-/m1/s1. The molecule has 1 heterocycles. The van der Waals surface area contributed by atoms with Crippen molar-refractivity contribution >= 4 is 23.4 Å². The number of carboxylic acids is 1. The van der Waals surface area contributed by atoms with Crippen molar-refractivity contribution in [1.29, 1.82) is 0 Å². The molecule has 0 radical (unpaired) electrons. The number of aliphatic carboxylic acids is 1. The van der Waals surface area contributed by atoms with E-state index >= 15 is 0 Å². The molecule has 0 unspecified atom stereocenters. The highest BCUT2D eigenvalue weighted by Gasteiger charge is 2.29. The Balaban J connectivity index is 1.39. The monoisotopic (exact) mass is 407 g/mol. The molecule has 0 saturated carbocycles.